The number of nitrogens with zero attached hydrogens (tertiary/aromatic N) is 3. The lowest BCUT2D eigenvalue weighted by Gasteiger charge is -2.25. The van der Waals surface area contributed by atoms with Gasteiger partial charge in [-0.15, -0.1) is 0 Å². The number of halogens is 5. The molecule has 4 aromatic carbocycles. The van der Waals surface area contributed by atoms with Crippen LogP contribution in [0.5, 0.6) is 0 Å². The average Bonchev–Trinajstić information content (AvgIpc) is 3.36. The predicted octanol–water partition coefficient (Wildman–Crippen LogP) is 10.0. The van der Waals surface area contributed by atoms with E-state index in [1.54, 1.807) is 12.1 Å². The van der Waals surface area contributed by atoms with Crippen molar-refractivity contribution in [3.05, 3.63) is 136 Å². The molecule has 5 aromatic rings. The van der Waals surface area contributed by atoms with Gasteiger partial charge in [-0.25, -0.2) is 9.37 Å². The molecule has 0 amide bonds. The zero-order valence-electron chi connectivity index (χ0n) is 23.8. The maximum Gasteiger partial charge on any atom is 0.416 e. The van der Waals surface area contributed by atoms with Crippen LogP contribution in [0.3, 0.4) is 0 Å². The minimum atomic E-state index is -4.45. The maximum atomic E-state index is 14.5. The summed E-state index contributed by atoms with van der Waals surface area (Å²) in [7, 11) is 0. The van der Waals surface area contributed by atoms with Crippen LogP contribution in [0, 0.1) is 5.82 Å². The first-order chi connectivity index (χ1) is 20.7. The highest BCUT2D eigenvalue weighted by Gasteiger charge is 2.30. The second kappa shape index (κ2) is 13.6. The molecule has 0 aliphatic carbocycles. The van der Waals surface area contributed by atoms with E-state index in [1.807, 2.05) is 65.6 Å². The topological polar surface area (TPSA) is 21.1 Å². The molecule has 0 aliphatic rings. The molecule has 5 rings (SSSR count). The van der Waals surface area contributed by atoms with Gasteiger partial charge in [0.1, 0.15) is 11.6 Å². The second-order valence-corrected chi connectivity index (χ2v) is 11.0. The fourth-order valence-corrected chi connectivity index (χ4v) is 5.34. The number of rotatable bonds is 11. The van der Waals surface area contributed by atoms with Gasteiger partial charge in [0.05, 0.1) is 22.0 Å². The molecule has 0 spiro atoms. The van der Waals surface area contributed by atoms with E-state index in [2.05, 4.69) is 11.5 Å². The Morgan fingerprint density at radius 3 is 2.05 bits per heavy atom. The first-order valence-corrected chi connectivity index (χ1v) is 14.6. The van der Waals surface area contributed by atoms with Crippen LogP contribution in [0.15, 0.2) is 103 Å². The van der Waals surface area contributed by atoms with Gasteiger partial charge in [0.15, 0.2) is 0 Å². The molecular weight excluding hydrogens is 574 g/mol. The number of imidazole rings is 1. The van der Waals surface area contributed by atoms with E-state index in [0.717, 1.165) is 53.8 Å². The number of unbranched alkanes of at least 4 members (excludes halogenated alkanes) is 1. The fourth-order valence-electron chi connectivity index (χ4n) is 5.22. The third kappa shape index (κ3) is 7.53. The van der Waals surface area contributed by atoms with E-state index in [1.165, 1.54) is 24.3 Å². The van der Waals surface area contributed by atoms with Gasteiger partial charge in [0, 0.05) is 37.3 Å². The maximum absolute atomic E-state index is 14.5. The van der Waals surface area contributed by atoms with Crippen LogP contribution in [-0.2, 0) is 32.4 Å². The van der Waals surface area contributed by atoms with Gasteiger partial charge in [-0.2, -0.15) is 13.2 Å². The van der Waals surface area contributed by atoms with Crippen LogP contribution in [0.2, 0.25) is 5.02 Å². The van der Waals surface area contributed by atoms with E-state index >= 15 is 0 Å². The van der Waals surface area contributed by atoms with Crippen LogP contribution in [0.25, 0.3) is 22.6 Å². The normalized spacial score (nSPS) is 11.8. The standard InChI is InChI=1S/C35H32ClF4N3/c1-2-3-19-43-32(33(27-12-6-4-7-13-27)41-34(43)28-14-8-5-9-15-28)24-42(23-26-17-18-30(36)31(37)21-26)22-25-11-10-16-29(20-25)35(38,39)40/h4-18,20-21H,2-3,19,22-24H2,1H3. The molecule has 0 saturated heterocycles. The minimum Gasteiger partial charge on any atom is -0.326 e. The van der Waals surface area contributed by atoms with E-state index < -0.39 is 17.6 Å². The molecule has 222 valence electrons. The molecule has 0 atom stereocenters. The summed E-state index contributed by atoms with van der Waals surface area (Å²) in [5, 5.41) is 0.0182. The van der Waals surface area contributed by atoms with Gasteiger partial charge in [-0.1, -0.05) is 110 Å². The monoisotopic (exact) mass is 605 g/mol. The number of benzene rings is 4. The summed E-state index contributed by atoms with van der Waals surface area (Å²) in [6.45, 7) is 3.73. The van der Waals surface area contributed by atoms with Gasteiger partial charge in [-0.3, -0.25) is 4.90 Å². The van der Waals surface area contributed by atoms with Crippen molar-refractivity contribution in [1.82, 2.24) is 14.5 Å². The molecule has 8 heteroatoms. The molecular formula is C35H32ClF4N3. The van der Waals surface area contributed by atoms with E-state index in [4.69, 9.17) is 16.6 Å². The van der Waals surface area contributed by atoms with Crippen molar-refractivity contribution in [3.63, 3.8) is 0 Å². The molecule has 3 nitrogen and oxygen atoms in total. The minimum absolute atomic E-state index is 0.0182. The molecule has 1 heterocycles. The Labute approximate surface area is 254 Å². The Balaban J connectivity index is 1.62. The van der Waals surface area contributed by atoms with Crippen molar-refractivity contribution >= 4 is 11.6 Å². The first kappa shape index (κ1) is 30.5. The van der Waals surface area contributed by atoms with Crippen molar-refractivity contribution in [3.8, 4) is 22.6 Å². The average molecular weight is 606 g/mol. The smallest absolute Gasteiger partial charge is 0.326 e. The van der Waals surface area contributed by atoms with Gasteiger partial charge in [0.2, 0.25) is 0 Å². The molecule has 43 heavy (non-hydrogen) atoms. The third-order valence-corrected chi connectivity index (χ3v) is 7.62. The Morgan fingerprint density at radius 2 is 1.42 bits per heavy atom. The van der Waals surface area contributed by atoms with Crippen LogP contribution < -0.4 is 0 Å². The molecule has 0 radical (unpaired) electrons. The third-order valence-electron chi connectivity index (χ3n) is 7.31. The molecule has 0 saturated carbocycles. The largest absolute Gasteiger partial charge is 0.416 e. The second-order valence-electron chi connectivity index (χ2n) is 10.6. The van der Waals surface area contributed by atoms with Gasteiger partial charge < -0.3 is 4.57 Å². The lowest BCUT2D eigenvalue weighted by atomic mass is 10.1. The molecule has 0 aliphatic heterocycles. The van der Waals surface area contributed by atoms with Crippen molar-refractivity contribution in [1.29, 1.82) is 0 Å². The van der Waals surface area contributed by atoms with E-state index in [0.29, 0.717) is 17.7 Å². The number of alkyl halides is 3. The van der Waals surface area contributed by atoms with Crippen LogP contribution in [0.1, 0.15) is 42.1 Å². The molecule has 1 aromatic heterocycles. The Morgan fingerprint density at radius 1 is 0.767 bits per heavy atom. The van der Waals surface area contributed by atoms with Crippen LogP contribution in [-0.4, -0.2) is 14.5 Å². The summed E-state index contributed by atoms with van der Waals surface area (Å²) in [5.74, 6) is 0.293. The zero-order chi connectivity index (χ0) is 30.4. The van der Waals surface area contributed by atoms with Crippen LogP contribution >= 0.6 is 11.6 Å². The lowest BCUT2D eigenvalue weighted by molar-refractivity contribution is -0.137. The Kier molecular flexibility index (Phi) is 9.63. The quantitative estimate of drug-likeness (QED) is 0.140. The van der Waals surface area contributed by atoms with Crippen molar-refractivity contribution < 1.29 is 17.6 Å². The summed E-state index contributed by atoms with van der Waals surface area (Å²) in [6, 6.07) is 29.8. The summed E-state index contributed by atoms with van der Waals surface area (Å²) in [6.07, 6.45) is -2.55. The molecule has 0 N–H and O–H groups in total. The Hall–Kier alpha value is -3.94. The zero-order valence-corrected chi connectivity index (χ0v) is 24.5. The van der Waals surface area contributed by atoms with Gasteiger partial charge in [0.25, 0.3) is 0 Å². The first-order valence-electron chi connectivity index (χ1n) is 14.3. The van der Waals surface area contributed by atoms with E-state index in [-0.39, 0.29) is 18.1 Å². The van der Waals surface area contributed by atoms with Gasteiger partial charge >= 0.3 is 6.18 Å². The number of aromatic nitrogens is 2. The summed E-state index contributed by atoms with van der Waals surface area (Å²) >= 11 is 5.95. The highest BCUT2D eigenvalue weighted by Crippen LogP contribution is 2.33. The lowest BCUT2D eigenvalue weighted by Crippen LogP contribution is -2.25. The number of hydrogen-bond donors (Lipinski definition) is 0. The van der Waals surface area contributed by atoms with E-state index in [9.17, 15) is 17.6 Å². The highest BCUT2D eigenvalue weighted by molar-refractivity contribution is 6.30. The molecule has 0 bridgehead atoms. The number of hydrogen-bond acceptors (Lipinski definition) is 2. The molecule has 0 fully saturated rings. The van der Waals surface area contributed by atoms with Gasteiger partial charge in [-0.05, 0) is 35.7 Å². The van der Waals surface area contributed by atoms with Crippen molar-refractivity contribution in [2.24, 2.45) is 0 Å². The Bertz CT molecular complexity index is 1650. The summed E-state index contributed by atoms with van der Waals surface area (Å²) in [5.41, 5.74) is 4.15. The van der Waals surface area contributed by atoms with Crippen molar-refractivity contribution in [2.45, 2.75) is 52.1 Å². The predicted molar refractivity (Wildman–Crippen MR) is 164 cm³/mol. The SMILES string of the molecule is CCCCn1c(-c2ccccc2)nc(-c2ccccc2)c1CN(Cc1cccc(C(F)(F)F)c1)Cc1ccc(Cl)c(F)c1. The summed E-state index contributed by atoms with van der Waals surface area (Å²) in [4.78, 5) is 7.18. The van der Waals surface area contributed by atoms with Crippen LogP contribution in [0.4, 0.5) is 17.6 Å². The van der Waals surface area contributed by atoms with Crippen molar-refractivity contribution in [2.75, 3.05) is 0 Å². The fraction of sp³-hybridized carbons (Fsp3) is 0.229. The molecule has 0 unspecified atom stereocenters. The highest BCUT2D eigenvalue weighted by atomic mass is 35.5. The summed E-state index contributed by atoms with van der Waals surface area (Å²) < 4.78 is 57.4.